The summed E-state index contributed by atoms with van der Waals surface area (Å²) >= 11 is 0. The molecule has 0 aliphatic carbocycles. The fraction of sp³-hybridized carbons (Fsp3) is 0.0476. The zero-order valence-corrected chi connectivity index (χ0v) is 15.1. The van der Waals surface area contributed by atoms with Crippen molar-refractivity contribution in [2.24, 2.45) is 0 Å². The van der Waals surface area contributed by atoms with Crippen molar-refractivity contribution in [2.45, 2.75) is 5.51 Å². The molecule has 0 saturated carbocycles. The van der Waals surface area contributed by atoms with Crippen LogP contribution >= 0.6 is 0 Å². The molecule has 7 heteroatoms. The molecule has 4 rings (SSSR count). The molecular formula is C21H13F3O3S. The number of benzene rings is 4. The highest BCUT2D eigenvalue weighted by Crippen LogP contribution is 2.38. The summed E-state index contributed by atoms with van der Waals surface area (Å²) in [4.78, 5) is 0. The van der Waals surface area contributed by atoms with Gasteiger partial charge in [0.2, 0.25) is 0 Å². The molecular weight excluding hydrogens is 389 g/mol. The quantitative estimate of drug-likeness (QED) is 0.244. The Morgan fingerprint density at radius 1 is 0.714 bits per heavy atom. The maximum absolute atomic E-state index is 12.6. The molecule has 28 heavy (non-hydrogen) atoms. The van der Waals surface area contributed by atoms with Crippen LogP contribution in [0.15, 0.2) is 78.9 Å². The van der Waals surface area contributed by atoms with Crippen LogP contribution in [0, 0.1) is 0 Å². The molecule has 0 unspecified atom stereocenters. The molecule has 0 heterocycles. The Labute approximate surface area is 159 Å². The molecule has 0 bridgehead atoms. The molecule has 142 valence electrons. The summed E-state index contributed by atoms with van der Waals surface area (Å²) < 4.78 is 64.9. The lowest BCUT2D eigenvalue weighted by molar-refractivity contribution is -0.0500. The molecule has 0 radical (unpaired) electrons. The standard InChI is InChI=1S/C21H13F3O3S/c22-21(23,24)28(25,26)27-17-9-5-8-16(13-17)20-18-10-3-1-6-14(18)12-15-7-2-4-11-19(15)20/h1-13H. The summed E-state index contributed by atoms with van der Waals surface area (Å²) in [6.45, 7) is 0. The minimum absolute atomic E-state index is 0.396. The van der Waals surface area contributed by atoms with Crippen LogP contribution in [-0.2, 0) is 10.1 Å². The molecule has 0 spiro atoms. The fourth-order valence-corrected chi connectivity index (χ4v) is 3.65. The van der Waals surface area contributed by atoms with Gasteiger partial charge in [0.25, 0.3) is 0 Å². The van der Waals surface area contributed by atoms with Crippen molar-refractivity contribution in [3.8, 4) is 16.9 Å². The van der Waals surface area contributed by atoms with E-state index in [4.69, 9.17) is 0 Å². The van der Waals surface area contributed by atoms with E-state index in [1.54, 1.807) is 6.07 Å². The zero-order chi connectivity index (χ0) is 19.9. The lowest BCUT2D eigenvalue weighted by Crippen LogP contribution is -2.28. The average molecular weight is 402 g/mol. The van der Waals surface area contributed by atoms with Crippen molar-refractivity contribution in [2.75, 3.05) is 0 Å². The van der Waals surface area contributed by atoms with Gasteiger partial charge < -0.3 is 4.18 Å². The van der Waals surface area contributed by atoms with E-state index in [1.807, 2.05) is 54.6 Å². The van der Waals surface area contributed by atoms with Crippen LogP contribution in [0.1, 0.15) is 0 Å². The first-order valence-electron chi connectivity index (χ1n) is 8.28. The van der Waals surface area contributed by atoms with Crippen LogP contribution in [-0.4, -0.2) is 13.9 Å². The highest BCUT2D eigenvalue weighted by atomic mass is 32.2. The number of rotatable bonds is 3. The van der Waals surface area contributed by atoms with Crippen LogP contribution in [0.5, 0.6) is 5.75 Å². The van der Waals surface area contributed by atoms with Gasteiger partial charge in [-0.25, -0.2) is 0 Å². The van der Waals surface area contributed by atoms with Crippen molar-refractivity contribution < 1.29 is 25.8 Å². The average Bonchev–Trinajstić information content (AvgIpc) is 2.65. The molecule has 3 nitrogen and oxygen atoms in total. The Kier molecular flexibility index (Phi) is 4.27. The van der Waals surface area contributed by atoms with E-state index in [1.165, 1.54) is 18.2 Å². The Morgan fingerprint density at radius 3 is 1.86 bits per heavy atom. The normalized spacial score (nSPS) is 12.4. The lowest BCUT2D eigenvalue weighted by atomic mass is 9.92. The van der Waals surface area contributed by atoms with Crippen molar-refractivity contribution in [1.29, 1.82) is 0 Å². The molecule has 4 aromatic rings. The summed E-state index contributed by atoms with van der Waals surface area (Å²) in [5, 5.41) is 3.73. The van der Waals surface area contributed by atoms with Gasteiger partial charge >= 0.3 is 15.6 Å². The largest absolute Gasteiger partial charge is 0.534 e. The van der Waals surface area contributed by atoms with E-state index in [0.717, 1.165) is 27.1 Å². The van der Waals surface area contributed by atoms with E-state index in [-0.39, 0.29) is 0 Å². The Bertz CT molecular complexity index is 1240. The summed E-state index contributed by atoms with van der Waals surface area (Å²) in [7, 11) is -5.73. The van der Waals surface area contributed by atoms with Gasteiger partial charge in [-0.1, -0.05) is 60.7 Å². The van der Waals surface area contributed by atoms with Gasteiger partial charge in [0, 0.05) is 0 Å². The van der Waals surface area contributed by atoms with Gasteiger partial charge in [-0.2, -0.15) is 21.6 Å². The van der Waals surface area contributed by atoms with E-state index >= 15 is 0 Å². The van der Waals surface area contributed by atoms with Crippen LogP contribution in [0.4, 0.5) is 13.2 Å². The highest BCUT2D eigenvalue weighted by molar-refractivity contribution is 7.88. The number of halogens is 3. The number of alkyl halides is 3. The number of hydrogen-bond donors (Lipinski definition) is 0. The monoisotopic (exact) mass is 402 g/mol. The first-order chi connectivity index (χ1) is 13.3. The molecule has 4 aromatic carbocycles. The van der Waals surface area contributed by atoms with Crippen LogP contribution in [0.2, 0.25) is 0 Å². The van der Waals surface area contributed by atoms with Crippen molar-refractivity contribution in [3.05, 3.63) is 78.9 Å². The number of hydrogen-bond acceptors (Lipinski definition) is 3. The molecule has 0 saturated heterocycles. The van der Waals surface area contributed by atoms with Crippen LogP contribution in [0.25, 0.3) is 32.7 Å². The molecule has 0 aliphatic heterocycles. The molecule has 0 N–H and O–H groups in total. The maximum atomic E-state index is 12.6. The van der Waals surface area contributed by atoms with Crippen molar-refractivity contribution >= 4 is 31.7 Å². The summed E-state index contributed by atoms with van der Waals surface area (Å²) in [6.07, 6.45) is 0. The third-order valence-corrected chi connectivity index (χ3v) is 5.36. The first kappa shape index (κ1) is 18.3. The minimum Gasteiger partial charge on any atom is -0.376 e. The fourth-order valence-electron chi connectivity index (χ4n) is 3.20. The predicted molar refractivity (Wildman–Crippen MR) is 102 cm³/mol. The second kappa shape index (κ2) is 6.53. The predicted octanol–water partition coefficient (Wildman–Crippen LogP) is 5.89. The second-order valence-corrected chi connectivity index (χ2v) is 7.74. The highest BCUT2D eigenvalue weighted by Gasteiger charge is 2.48. The Balaban J connectivity index is 1.94. The zero-order valence-electron chi connectivity index (χ0n) is 14.3. The van der Waals surface area contributed by atoms with Gasteiger partial charge in [0.05, 0.1) is 0 Å². The molecule has 0 fully saturated rings. The summed E-state index contributed by atoms with van der Waals surface area (Å²) in [6, 6.07) is 22.9. The van der Waals surface area contributed by atoms with Gasteiger partial charge in [-0.15, -0.1) is 0 Å². The molecule has 0 aliphatic rings. The Morgan fingerprint density at radius 2 is 1.29 bits per heavy atom. The minimum atomic E-state index is -5.73. The first-order valence-corrected chi connectivity index (χ1v) is 9.69. The van der Waals surface area contributed by atoms with E-state index in [2.05, 4.69) is 4.18 Å². The van der Waals surface area contributed by atoms with Crippen molar-refractivity contribution in [1.82, 2.24) is 0 Å². The van der Waals surface area contributed by atoms with E-state index < -0.39 is 21.4 Å². The van der Waals surface area contributed by atoms with Gasteiger partial charge in [0.1, 0.15) is 5.75 Å². The molecule has 0 aromatic heterocycles. The van der Waals surface area contributed by atoms with Crippen molar-refractivity contribution in [3.63, 3.8) is 0 Å². The van der Waals surface area contributed by atoms with Gasteiger partial charge in [-0.3, -0.25) is 0 Å². The van der Waals surface area contributed by atoms with E-state index in [0.29, 0.717) is 5.56 Å². The SMILES string of the molecule is O=S(=O)(Oc1cccc(-c2c3ccccc3cc3ccccc23)c1)C(F)(F)F. The van der Waals surface area contributed by atoms with Gasteiger partial charge in [-0.05, 0) is 50.9 Å². The van der Waals surface area contributed by atoms with Crippen LogP contribution in [0.3, 0.4) is 0 Å². The smallest absolute Gasteiger partial charge is 0.376 e. The lowest BCUT2D eigenvalue weighted by Gasteiger charge is -2.14. The summed E-state index contributed by atoms with van der Waals surface area (Å²) in [5.74, 6) is -0.396. The van der Waals surface area contributed by atoms with E-state index in [9.17, 15) is 21.6 Å². The molecule has 0 atom stereocenters. The van der Waals surface area contributed by atoms with Gasteiger partial charge in [0.15, 0.2) is 0 Å². The summed E-state index contributed by atoms with van der Waals surface area (Å²) in [5.41, 5.74) is -4.14. The Hall–Kier alpha value is -3.06. The van der Waals surface area contributed by atoms with Crippen LogP contribution < -0.4 is 4.18 Å². The topological polar surface area (TPSA) is 43.4 Å². The molecule has 0 amide bonds. The second-order valence-electron chi connectivity index (χ2n) is 6.20. The third kappa shape index (κ3) is 3.18. The number of fused-ring (bicyclic) bond motifs is 2. The third-order valence-electron chi connectivity index (χ3n) is 4.38. The maximum Gasteiger partial charge on any atom is 0.534 e.